The molecule has 0 atom stereocenters. The van der Waals surface area contributed by atoms with Gasteiger partial charge in [-0.05, 0) is 45.1 Å². The lowest BCUT2D eigenvalue weighted by Gasteiger charge is -2.27. The second-order valence-electron chi connectivity index (χ2n) is 4.05. The topological polar surface area (TPSA) is 46.1 Å². The lowest BCUT2D eigenvalue weighted by molar-refractivity contribution is 0.0850. The zero-order valence-corrected chi connectivity index (χ0v) is 8.89. The number of carbonyl (C=O) groups excluding carboxylic acids is 1. The normalized spacial score (nSPS) is 19.0. The molecular weight excluding hydrogens is 190 g/mol. The molecule has 0 aliphatic carbocycles. The fourth-order valence-corrected chi connectivity index (χ4v) is 1.91. The van der Waals surface area contributed by atoms with Gasteiger partial charge in [-0.1, -0.05) is 0 Å². The first-order chi connectivity index (χ1) is 7.27. The number of carbonyl (C=O) groups is 1. The molecule has 1 aliphatic heterocycles. The summed E-state index contributed by atoms with van der Waals surface area (Å²) in [6.07, 6.45) is 3.46. The highest BCUT2D eigenvalue weighted by Crippen LogP contribution is 2.19. The Labute approximate surface area is 89.3 Å². The van der Waals surface area contributed by atoms with E-state index in [0.717, 1.165) is 25.9 Å². The van der Waals surface area contributed by atoms with Gasteiger partial charge in [0.15, 0.2) is 5.78 Å². The highest BCUT2D eigenvalue weighted by Gasteiger charge is 2.25. The maximum atomic E-state index is 12.0. The first-order valence-corrected chi connectivity index (χ1v) is 5.28. The summed E-state index contributed by atoms with van der Waals surface area (Å²) >= 11 is 0. The molecule has 1 saturated heterocycles. The van der Waals surface area contributed by atoms with Crippen LogP contribution < -0.4 is 0 Å². The fraction of sp³-hybridized carbons (Fsp3) is 0.545. The fourth-order valence-electron chi connectivity index (χ4n) is 1.91. The summed E-state index contributed by atoms with van der Waals surface area (Å²) in [5.74, 6) is 0.286. The predicted molar refractivity (Wildman–Crippen MR) is 56.6 cm³/mol. The zero-order valence-electron chi connectivity index (χ0n) is 8.89. The van der Waals surface area contributed by atoms with Crippen LogP contribution in [0.4, 0.5) is 0 Å². The SMILES string of the molecule is CN1CCC(C(=O)c2cccnn2)CC1. The number of aromatic nitrogens is 2. The van der Waals surface area contributed by atoms with E-state index in [4.69, 9.17) is 0 Å². The number of piperidine rings is 1. The first-order valence-electron chi connectivity index (χ1n) is 5.28. The Balaban J connectivity index is 2.03. The first kappa shape index (κ1) is 10.2. The Morgan fingerprint density at radius 2 is 2.20 bits per heavy atom. The van der Waals surface area contributed by atoms with Gasteiger partial charge in [-0.25, -0.2) is 0 Å². The molecule has 1 fully saturated rings. The molecule has 0 amide bonds. The molecule has 0 spiro atoms. The molecule has 0 unspecified atom stereocenters. The number of likely N-dealkylation sites (tertiary alicyclic amines) is 1. The van der Waals surface area contributed by atoms with E-state index in [9.17, 15) is 4.79 Å². The summed E-state index contributed by atoms with van der Waals surface area (Å²) in [6, 6.07) is 3.50. The molecule has 2 rings (SSSR count). The maximum Gasteiger partial charge on any atom is 0.186 e. The van der Waals surface area contributed by atoms with Crippen molar-refractivity contribution in [2.24, 2.45) is 5.92 Å². The van der Waals surface area contributed by atoms with Gasteiger partial charge in [-0.2, -0.15) is 5.10 Å². The van der Waals surface area contributed by atoms with Crippen molar-refractivity contribution in [2.75, 3.05) is 20.1 Å². The minimum Gasteiger partial charge on any atom is -0.306 e. The standard InChI is InChI=1S/C11H15N3O/c1-14-7-4-9(5-8-14)11(15)10-3-2-6-12-13-10/h2-3,6,9H,4-5,7-8H2,1H3. The molecule has 0 N–H and O–H groups in total. The highest BCUT2D eigenvalue weighted by molar-refractivity contribution is 5.95. The minimum absolute atomic E-state index is 0.137. The number of hydrogen-bond acceptors (Lipinski definition) is 4. The van der Waals surface area contributed by atoms with E-state index < -0.39 is 0 Å². The van der Waals surface area contributed by atoms with Gasteiger partial charge in [0.25, 0.3) is 0 Å². The Kier molecular flexibility index (Phi) is 3.06. The molecule has 4 heteroatoms. The van der Waals surface area contributed by atoms with Gasteiger partial charge in [0, 0.05) is 12.1 Å². The third-order valence-electron chi connectivity index (χ3n) is 2.91. The lowest BCUT2D eigenvalue weighted by Crippen LogP contribution is -2.33. The van der Waals surface area contributed by atoms with Crippen LogP contribution in [0.5, 0.6) is 0 Å². The van der Waals surface area contributed by atoms with Crippen LogP contribution in [-0.4, -0.2) is 41.0 Å². The Morgan fingerprint density at radius 1 is 1.47 bits per heavy atom. The molecule has 15 heavy (non-hydrogen) atoms. The van der Waals surface area contributed by atoms with E-state index in [1.165, 1.54) is 0 Å². The average Bonchev–Trinajstić information content (AvgIpc) is 2.30. The van der Waals surface area contributed by atoms with Crippen molar-refractivity contribution < 1.29 is 4.79 Å². The number of rotatable bonds is 2. The Hall–Kier alpha value is -1.29. The van der Waals surface area contributed by atoms with Gasteiger partial charge >= 0.3 is 0 Å². The van der Waals surface area contributed by atoms with Crippen molar-refractivity contribution in [3.05, 3.63) is 24.0 Å². The maximum absolute atomic E-state index is 12.0. The van der Waals surface area contributed by atoms with Gasteiger partial charge in [-0.3, -0.25) is 4.79 Å². The van der Waals surface area contributed by atoms with E-state index in [1.54, 1.807) is 18.3 Å². The van der Waals surface area contributed by atoms with Crippen LogP contribution in [0.3, 0.4) is 0 Å². The van der Waals surface area contributed by atoms with Crippen molar-refractivity contribution in [3.63, 3.8) is 0 Å². The smallest absolute Gasteiger partial charge is 0.186 e. The van der Waals surface area contributed by atoms with Crippen molar-refractivity contribution in [2.45, 2.75) is 12.8 Å². The molecule has 80 valence electrons. The third kappa shape index (κ3) is 2.39. The van der Waals surface area contributed by atoms with E-state index >= 15 is 0 Å². The van der Waals surface area contributed by atoms with E-state index in [2.05, 4.69) is 22.1 Å². The van der Waals surface area contributed by atoms with Crippen LogP contribution in [-0.2, 0) is 0 Å². The molecule has 0 saturated carbocycles. The Bertz CT molecular complexity index is 331. The molecule has 1 aromatic rings. The number of hydrogen-bond donors (Lipinski definition) is 0. The molecule has 1 aromatic heterocycles. The molecule has 0 aromatic carbocycles. The molecule has 4 nitrogen and oxygen atoms in total. The summed E-state index contributed by atoms with van der Waals surface area (Å²) in [5, 5.41) is 7.59. The third-order valence-corrected chi connectivity index (χ3v) is 2.91. The van der Waals surface area contributed by atoms with E-state index in [1.807, 2.05) is 0 Å². The van der Waals surface area contributed by atoms with Crippen LogP contribution >= 0.6 is 0 Å². The summed E-state index contributed by atoms with van der Waals surface area (Å²) in [4.78, 5) is 14.2. The number of Topliss-reactive ketones (excluding diaryl/α,β-unsaturated/α-hetero) is 1. The monoisotopic (exact) mass is 205 g/mol. The van der Waals surface area contributed by atoms with Gasteiger partial charge in [0.1, 0.15) is 5.69 Å². The summed E-state index contributed by atoms with van der Waals surface area (Å²) in [5.41, 5.74) is 0.507. The lowest BCUT2D eigenvalue weighted by atomic mass is 9.91. The van der Waals surface area contributed by atoms with Gasteiger partial charge in [0.05, 0.1) is 0 Å². The van der Waals surface area contributed by atoms with Gasteiger partial charge in [-0.15, -0.1) is 5.10 Å². The largest absolute Gasteiger partial charge is 0.306 e. The predicted octanol–water partition coefficient (Wildman–Crippen LogP) is 1.00. The molecule has 0 radical (unpaired) electrons. The highest BCUT2D eigenvalue weighted by atomic mass is 16.1. The summed E-state index contributed by atoms with van der Waals surface area (Å²) in [6.45, 7) is 1.99. The van der Waals surface area contributed by atoms with Crippen LogP contribution in [0.15, 0.2) is 18.3 Å². The van der Waals surface area contributed by atoms with Crippen molar-refractivity contribution >= 4 is 5.78 Å². The van der Waals surface area contributed by atoms with E-state index in [0.29, 0.717) is 5.69 Å². The quantitative estimate of drug-likeness (QED) is 0.676. The van der Waals surface area contributed by atoms with Crippen LogP contribution in [0.1, 0.15) is 23.3 Å². The molecular formula is C11H15N3O. The van der Waals surface area contributed by atoms with Crippen molar-refractivity contribution in [1.82, 2.24) is 15.1 Å². The second kappa shape index (κ2) is 4.49. The molecule has 1 aliphatic rings. The minimum atomic E-state index is 0.137. The number of nitrogens with zero attached hydrogens (tertiary/aromatic N) is 3. The van der Waals surface area contributed by atoms with Crippen LogP contribution in [0, 0.1) is 5.92 Å². The zero-order chi connectivity index (χ0) is 10.7. The van der Waals surface area contributed by atoms with Crippen molar-refractivity contribution in [3.8, 4) is 0 Å². The molecule has 0 bridgehead atoms. The second-order valence-corrected chi connectivity index (χ2v) is 4.05. The van der Waals surface area contributed by atoms with Crippen LogP contribution in [0.25, 0.3) is 0 Å². The summed E-state index contributed by atoms with van der Waals surface area (Å²) in [7, 11) is 2.09. The Morgan fingerprint density at radius 3 is 2.80 bits per heavy atom. The molecule has 2 heterocycles. The van der Waals surface area contributed by atoms with Crippen molar-refractivity contribution in [1.29, 1.82) is 0 Å². The van der Waals surface area contributed by atoms with Gasteiger partial charge in [0.2, 0.25) is 0 Å². The average molecular weight is 205 g/mol. The van der Waals surface area contributed by atoms with Gasteiger partial charge < -0.3 is 4.90 Å². The number of ketones is 1. The summed E-state index contributed by atoms with van der Waals surface area (Å²) < 4.78 is 0. The van der Waals surface area contributed by atoms with E-state index in [-0.39, 0.29) is 11.7 Å². The van der Waals surface area contributed by atoms with Crippen LogP contribution in [0.2, 0.25) is 0 Å².